The summed E-state index contributed by atoms with van der Waals surface area (Å²) in [5.74, 6) is -1.41. The molecule has 2 heterocycles. The van der Waals surface area contributed by atoms with Gasteiger partial charge in [-0.25, -0.2) is 0 Å². The molecule has 0 spiro atoms. The Morgan fingerprint density at radius 3 is 2.91 bits per heavy atom. The van der Waals surface area contributed by atoms with Gasteiger partial charge in [-0.3, -0.25) is 9.78 Å². The van der Waals surface area contributed by atoms with E-state index in [0.717, 1.165) is 18.1 Å². The van der Waals surface area contributed by atoms with E-state index in [1.807, 2.05) is 12.1 Å². The zero-order chi connectivity index (χ0) is 16.6. The highest BCUT2D eigenvalue weighted by molar-refractivity contribution is 5.95. The molecule has 2 aromatic rings. The lowest BCUT2D eigenvalue weighted by Crippen LogP contribution is -2.27. The van der Waals surface area contributed by atoms with Crippen LogP contribution in [0.4, 0.5) is 13.2 Å². The number of aromatic nitrogens is 1. The molecule has 122 valence electrons. The monoisotopic (exact) mass is 324 g/mol. The first-order valence-corrected chi connectivity index (χ1v) is 7.22. The number of furan rings is 1. The maximum Gasteiger partial charge on any atom is 0.450 e. The molecule has 1 fully saturated rings. The van der Waals surface area contributed by atoms with Crippen molar-refractivity contribution >= 4 is 5.91 Å². The fourth-order valence-corrected chi connectivity index (χ4v) is 2.69. The van der Waals surface area contributed by atoms with Crippen LogP contribution in [-0.2, 0) is 6.18 Å². The van der Waals surface area contributed by atoms with Gasteiger partial charge in [0.25, 0.3) is 5.91 Å². The van der Waals surface area contributed by atoms with Gasteiger partial charge in [-0.15, -0.1) is 0 Å². The molecular formula is C16H15F3N2O2. The summed E-state index contributed by atoms with van der Waals surface area (Å²) in [6, 6.07) is 4.91. The third-order valence-electron chi connectivity index (χ3n) is 3.92. The molecule has 2 aromatic heterocycles. The first-order valence-electron chi connectivity index (χ1n) is 7.22. The fourth-order valence-electron chi connectivity index (χ4n) is 2.69. The average Bonchev–Trinajstić information content (AvgIpc) is 3.17. The summed E-state index contributed by atoms with van der Waals surface area (Å²) >= 11 is 0. The minimum atomic E-state index is -4.68. The van der Waals surface area contributed by atoms with Crippen LogP contribution in [0.3, 0.4) is 0 Å². The average molecular weight is 324 g/mol. The van der Waals surface area contributed by atoms with Gasteiger partial charge in [-0.1, -0.05) is 6.07 Å². The maximum atomic E-state index is 12.8. The highest BCUT2D eigenvalue weighted by atomic mass is 19.4. The molecule has 0 saturated heterocycles. The number of amides is 1. The van der Waals surface area contributed by atoms with Crippen molar-refractivity contribution < 1.29 is 22.4 Å². The molecule has 1 aliphatic rings. The van der Waals surface area contributed by atoms with Crippen LogP contribution >= 0.6 is 0 Å². The van der Waals surface area contributed by atoms with Crippen LogP contribution in [0.25, 0.3) is 0 Å². The van der Waals surface area contributed by atoms with Crippen LogP contribution in [0, 0.1) is 12.8 Å². The molecule has 1 aliphatic carbocycles. The molecule has 7 heteroatoms. The number of carbonyl (C=O) groups excluding carboxylic acids is 1. The molecule has 0 aromatic carbocycles. The van der Waals surface area contributed by atoms with E-state index in [4.69, 9.17) is 0 Å². The Hall–Kier alpha value is -2.31. The quantitative estimate of drug-likeness (QED) is 0.936. The number of nitrogens with one attached hydrogen (secondary N) is 1. The van der Waals surface area contributed by atoms with E-state index in [1.165, 1.54) is 6.92 Å². The van der Waals surface area contributed by atoms with Gasteiger partial charge in [0.2, 0.25) is 5.76 Å². The molecule has 0 unspecified atom stereocenters. The van der Waals surface area contributed by atoms with E-state index in [-0.39, 0.29) is 11.7 Å². The van der Waals surface area contributed by atoms with Crippen LogP contribution in [0.1, 0.15) is 39.8 Å². The SMILES string of the molecule is Cc1cc(C(=O)NC[C@@H]2C[C@@H]2c2cccnc2)c(C(F)(F)F)o1. The van der Waals surface area contributed by atoms with Crippen molar-refractivity contribution in [3.8, 4) is 0 Å². The first kappa shape index (κ1) is 15.6. The van der Waals surface area contributed by atoms with Gasteiger partial charge < -0.3 is 9.73 Å². The number of halogens is 3. The van der Waals surface area contributed by atoms with Crippen molar-refractivity contribution in [3.63, 3.8) is 0 Å². The molecular weight excluding hydrogens is 309 g/mol. The van der Waals surface area contributed by atoms with Crippen molar-refractivity contribution in [2.75, 3.05) is 6.54 Å². The Labute approximate surface area is 130 Å². The van der Waals surface area contributed by atoms with E-state index >= 15 is 0 Å². The largest absolute Gasteiger partial charge is 0.456 e. The second-order valence-electron chi connectivity index (χ2n) is 5.70. The molecule has 2 atom stereocenters. The standard InChI is InChI=1S/C16H15F3N2O2/c1-9-5-13(14(23-9)16(17,18)19)15(22)21-8-11-6-12(11)10-3-2-4-20-7-10/h2-5,7,11-12H,6,8H2,1H3,(H,21,22)/t11-,12+/m0/s1. The van der Waals surface area contributed by atoms with Gasteiger partial charge >= 0.3 is 6.18 Å². The molecule has 4 nitrogen and oxygen atoms in total. The third-order valence-corrected chi connectivity index (χ3v) is 3.92. The molecule has 0 bridgehead atoms. The Balaban J connectivity index is 1.61. The minimum absolute atomic E-state index is 0.0575. The smallest absolute Gasteiger partial charge is 0.450 e. The van der Waals surface area contributed by atoms with E-state index in [0.29, 0.717) is 12.5 Å². The number of carbonyl (C=O) groups is 1. The van der Waals surface area contributed by atoms with Crippen molar-refractivity contribution in [3.05, 3.63) is 53.2 Å². The molecule has 1 saturated carbocycles. The summed E-state index contributed by atoms with van der Waals surface area (Å²) in [6.45, 7) is 1.71. The number of pyridine rings is 1. The predicted molar refractivity (Wildman–Crippen MR) is 75.9 cm³/mol. The number of rotatable bonds is 4. The number of hydrogen-bond acceptors (Lipinski definition) is 3. The second kappa shape index (κ2) is 5.72. The lowest BCUT2D eigenvalue weighted by Gasteiger charge is -2.07. The van der Waals surface area contributed by atoms with Gasteiger partial charge in [-0.05, 0) is 42.9 Å². The van der Waals surface area contributed by atoms with Crippen LogP contribution in [0.5, 0.6) is 0 Å². The molecule has 3 rings (SSSR count). The number of alkyl halides is 3. The lowest BCUT2D eigenvalue weighted by molar-refractivity contribution is -0.153. The van der Waals surface area contributed by atoms with Gasteiger partial charge in [0.1, 0.15) is 5.76 Å². The summed E-state index contributed by atoms with van der Waals surface area (Å²) < 4.78 is 43.1. The summed E-state index contributed by atoms with van der Waals surface area (Å²) in [5.41, 5.74) is 0.621. The van der Waals surface area contributed by atoms with Gasteiger partial charge in [-0.2, -0.15) is 13.2 Å². The topological polar surface area (TPSA) is 55.1 Å². The number of aryl methyl sites for hydroxylation is 1. The van der Waals surface area contributed by atoms with E-state index in [1.54, 1.807) is 12.4 Å². The van der Waals surface area contributed by atoms with Crippen molar-refractivity contribution in [1.29, 1.82) is 0 Å². The summed E-state index contributed by atoms with van der Waals surface area (Å²) in [7, 11) is 0. The van der Waals surface area contributed by atoms with Gasteiger partial charge in [0.05, 0.1) is 5.56 Å². The maximum absolute atomic E-state index is 12.8. The number of nitrogens with zero attached hydrogens (tertiary/aromatic N) is 1. The zero-order valence-corrected chi connectivity index (χ0v) is 12.4. The predicted octanol–water partition coefficient (Wildman–Crippen LogP) is 3.54. The Morgan fingerprint density at radius 2 is 2.26 bits per heavy atom. The summed E-state index contributed by atoms with van der Waals surface area (Å²) in [4.78, 5) is 16.1. The highest BCUT2D eigenvalue weighted by Gasteiger charge is 2.41. The Kier molecular flexibility index (Phi) is 3.87. The normalized spacial score (nSPS) is 20.3. The van der Waals surface area contributed by atoms with Crippen LogP contribution in [0.2, 0.25) is 0 Å². The molecule has 23 heavy (non-hydrogen) atoms. The van der Waals surface area contributed by atoms with Crippen LogP contribution in [-0.4, -0.2) is 17.4 Å². The summed E-state index contributed by atoms with van der Waals surface area (Å²) in [6.07, 6.45) is -0.336. The van der Waals surface area contributed by atoms with Crippen molar-refractivity contribution in [2.45, 2.75) is 25.4 Å². The Bertz CT molecular complexity index is 710. The highest BCUT2D eigenvalue weighted by Crippen LogP contribution is 2.46. The minimum Gasteiger partial charge on any atom is -0.456 e. The summed E-state index contributed by atoms with van der Waals surface area (Å²) in [5, 5.41) is 2.57. The van der Waals surface area contributed by atoms with Crippen LogP contribution < -0.4 is 5.32 Å². The van der Waals surface area contributed by atoms with Crippen molar-refractivity contribution in [2.24, 2.45) is 5.92 Å². The van der Waals surface area contributed by atoms with Gasteiger partial charge in [0, 0.05) is 18.9 Å². The third kappa shape index (κ3) is 3.38. The molecule has 0 aliphatic heterocycles. The zero-order valence-electron chi connectivity index (χ0n) is 12.4. The van der Waals surface area contributed by atoms with Gasteiger partial charge in [0.15, 0.2) is 0 Å². The number of hydrogen-bond donors (Lipinski definition) is 1. The fraction of sp³-hybridized carbons (Fsp3) is 0.375. The van der Waals surface area contributed by atoms with E-state index in [9.17, 15) is 18.0 Å². The second-order valence-corrected chi connectivity index (χ2v) is 5.70. The van der Waals surface area contributed by atoms with E-state index in [2.05, 4.69) is 14.7 Å². The molecule has 1 N–H and O–H groups in total. The Morgan fingerprint density at radius 1 is 1.48 bits per heavy atom. The van der Waals surface area contributed by atoms with E-state index < -0.39 is 23.4 Å². The lowest BCUT2D eigenvalue weighted by atomic mass is 10.1. The molecule has 1 amide bonds. The first-order chi connectivity index (χ1) is 10.9. The van der Waals surface area contributed by atoms with Crippen molar-refractivity contribution in [1.82, 2.24) is 10.3 Å². The molecule has 0 radical (unpaired) electrons. The van der Waals surface area contributed by atoms with Crippen LogP contribution in [0.15, 0.2) is 35.0 Å².